The van der Waals surface area contributed by atoms with E-state index in [1.807, 2.05) is 14.0 Å². The summed E-state index contributed by atoms with van der Waals surface area (Å²) < 4.78 is 5.75. The molecule has 1 fully saturated rings. The minimum absolute atomic E-state index is 0.422. The van der Waals surface area contributed by atoms with Crippen molar-refractivity contribution in [3.8, 4) is 0 Å². The average Bonchev–Trinajstić information content (AvgIpc) is 2.40. The molecular weight excluding hydrogens is 234 g/mol. The topological polar surface area (TPSA) is 33.1 Å². The van der Waals surface area contributed by atoms with Gasteiger partial charge in [0.1, 0.15) is 0 Å². The number of nitrogens with one attached hydrogen (secondary N) is 1. The van der Waals surface area contributed by atoms with Crippen LogP contribution in [0, 0.1) is 17.2 Å². The summed E-state index contributed by atoms with van der Waals surface area (Å²) in [7, 11) is 1.86. The quantitative estimate of drug-likeness (QED) is 0.511. The van der Waals surface area contributed by atoms with Gasteiger partial charge in [0, 0.05) is 12.8 Å². The predicted octanol–water partition coefficient (Wildman–Crippen LogP) is 4.98. The van der Waals surface area contributed by atoms with Crippen LogP contribution in [-0.4, -0.2) is 18.9 Å². The van der Waals surface area contributed by atoms with Gasteiger partial charge in [0.25, 0.3) is 0 Å². The van der Waals surface area contributed by atoms with Gasteiger partial charge in [-0.3, -0.25) is 0 Å². The van der Waals surface area contributed by atoms with Crippen molar-refractivity contribution in [2.24, 2.45) is 11.8 Å². The van der Waals surface area contributed by atoms with Crippen LogP contribution in [0.4, 0.5) is 0 Å². The van der Waals surface area contributed by atoms with E-state index in [2.05, 4.69) is 19.9 Å². The highest BCUT2D eigenvalue weighted by Crippen LogP contribution is 2.38. The van der Waals surface area contributed by atoms with Crippen LogP contribution in [0.1, 0.15) is 65.7 Å². The van der Waals surface area contributed by atoms with Gasteiger partial charge in [-0.2, -0.15) is 0 Å². The monoisotopic (exact) mass is 265 g/mol. The van der Waals surface area contributed by atoms with Gasteiger partial charge in [0.05, 0.1) is 6.10 Å². The minimum atomic E-state index is 0.422. The van der Waals surface area contributed by atoms with Gasteiger partial charge in [-0.05, 0) is 70.6 Å². The van der Waals surface area contributed by atoms with Crippen LogP contribution in [0.3, 0.4) is 0 Å². The third-order valence-electron chi connectivity index (χ3n) is 4.66. The van der Waals surface area contributed by atoms with Crippen molar-refractivity contribution in [3.05, 3.63) is 11.6 Å². The molecule has 2 nitrogen and oxygen atoms in total. The molecule has 3 atom stereocenters. The highest BCUT2D eigenvalue weighted by Gasteiger charge is 2.31. The molecule has 2 unspecified atom stereocenters. The lowest BCUT2D eigenvalue weighted by Gasteiger charge is -2.36. The lowest BCUT2D eigenvalue weighted by atomic mass is 9.74. The summed E-state index contributed by atoms with van der Waals surface area (Å²) in [5.74, 6) is 1.44. The zero-order valence-electron chi connectivity index (χ0n) is 13.2. The highest BCUT2D eigenvalue weighted by atomic mass is 16.5. The van der Waals surface area contributed by atoms with E-state index >= 15 is 0 Å². The number of hydrogen-bond acceptors (Lipinski definition) is 2. The molecule has 1 N–H and O–H groups in total. The molecule has 2 heteroatoms. The molecular formula is C17H31NO. The SMILES string of the molecule is C/C=C(\CC)[C@@H]1CCC(CCCC(C)=N)C(OC)C1. The summed E-state index contributed by atoms with van der Waals surface area (Å²) in [6.45, 7) is 6.33. The number of rotatable bonds is 7. The number of ether oxygens (including phenoxy) is 1. The fraction of sp³-hybridized carbons (Fsp3) is 0.824. The molecule has 0 bridgehead atoms. The summed E-state index contributed by atoms with van der Waals surface area (Å²) in [6, 6.07) is 0. The van der Waals surface area contributed by atoms with Crippen LogP contribution < -0.4 is 0 Å². The Hall–Kier alpha value is -0.630. The molecule has 0 amide bonds. The second-order valence-electron chi connectivity index (χ2n) is 5.93. The molecule has 0 radical (unpaired) electrons. The molecule has 19 heavy (non-hydrogen) atoms. The van der Waals surface area contributed by atoms with E-state index in [-0.39, 0.29) is 0 Å². The van der Waals surface area contributed by atoms with E-state index in [1.165, 1.54) is 32.1 Å². The van der Waals surface area contributed by atoms with Crippen molar-refractivity contribution in [2.45, 2.75) is 71.8 Å². The molecule has 110 valence electrons. The molecule has 0 aromatic heterocycles. The van der Waals surface area contributed by atoms with Gasteiger partial charge in [-0.25, -0.2) is 0 Å². The van der Waals surface area contributed by atoms with Gasteiger partial charge in [-0.15, -0.1) is 0 Å². The van der Waals surface area contributed by atoms with Gasteiger partial charge >= 0.3 is 0 Å². The first kappa shape index (κ1) is 16.4. The Bertz CT molecular complexity index is 308. The van der Waals surface area contributed by atoms with Crippen LogP contribution in [0.2, 0.25) is 0 Å². The molecule has 0 aliphatic heterocycles. The van der Waals surface area contributed by atoms with Gasteiger partial charge in [0.15, 0.2) is 0 Å². The smallest absolute Gasteiger partial charge is 0.0605 e. The maximum Gasteiger partial charge on any atom is 0.0605 e. The second kappa shape index (κ2) is 8.52. The van der Waals surface area contributed by atoms with E-state index in [1.54, 1.807) is 5.57 Å². The van der Waals surface area contributed by atoms with E-state index in [0.717, 1.165) is 24.5 Å². The fourth-order valence-electron chi connectivity index (χ4n) is 3.51. The summed E-state index contributed by atoms with van der Waals surface area (Å²) >= 11 is 0. The molecule has 1 saturated carbocycles. The first-order valence-electron chi connectivity index (χ1n) is 7.84. The molecule has 0 heterocycles. The Morgan fingerprint density at radius 1 is 1.37 bits per heavy atom. The maximum atomic E-state index is 7.51. The summed E-state index contributed by atoms with van der Waals surface area (Å²) in [4.78, 5) is 0. The van der Waals surface area contributed by atoms with Gasteiger partial charge in [0.2, 0.25) is 0 Å². The molecule has 1 aliphatic carbocycles. The molecule has 0 saturated heterocycles. The molecule has 0 spiro atoms. The van der Waals surface area contributed by atoms with Gasteiger partial charge in [-0.1, -0.05) is 18.6 Å². The van der Waals surface area contributed by atoms with Crippen molar-refractivity contribution in [2.75, 3.05) is 7.11 Å². The number of hydrogen-bond donors (Lipinski definition) is 1. The van der Waals surface area contributed by atoms with E-state index in [9.17, 15) is 0 Å². The lowest BCUT2D eigenvalue weighted by molar-refractivity contribution is 0.00637. The Kier molecular flexibility index (Phi) is 7.37. The first-order valence-corrected chi connectivity index (χ1v) is 7.84. The summed E-state index contributed by atoms with van der Waals surface area (Å²) in [5.41, 5.74) is 2.42. The zero-order valence-corrected chi connectivity index (χ0v) is 13.2. The Morgan fingerprint density at radius 3 is 2.63 bits per heavy atom. The third-order valence-corrected chi connectivity index (χ3v) is 4.66. The van der Waals surface area contributed by atoms with Crippen molar-refractivity contribution >= 4 is 5.71 Å². The maximum absolute atomic E-state index is 7.51. The minimum Gasteiger partial charge on any atom is -0.381 e. The molecule has 0 aromatic carbocycles. The molecule has 1 rings (SSSR count). The fourth-order valence-corrected chi connectivity index (χ4v) is 3.51. The molecule has 0 aromatic rings. The predicted molar refractivity (Wildman–Crippen MR) is 82.9 cm³/mol. The largest absolute Gasteiger partial charge is 0.381 e. The van der Waals surface area contributed by atoms with E-state index in [0.29, 0.717) is 12.0 Å². The van der Waals surface area contributed by atoms with Crippen molar-refractivity contribution in [1.82, 2.24) is 0 Å². The summed E-state index contributed by atoms with van der Waals surface area (Å²) in [6.07, 6.45) is 11.0. The average molecular weight is 265 g/mol. The molecule has 1 aliphatic rings. The van der Waals surface area contributed by atoms with E-state index < -0.39 is 0 Å². The normalized spacial score (nSPS) is 28.4. The van der Waals surface area contributed by atoms with Crippen LogP contribution in [0.15, 0.2) is 11.6 Å². The van der Waals surface area contributed by atoms with Crippen LogP contribution in [0.25, 0.3) is 0 Å². The Morgan fingerprint density at radius 2 is 2.11 bits per heavy atom. The summed E-state index contributed by atoms with van der Waals surface area (Å²) in [5, 5.41) is 7.51. The van der Waals surface area contributed by atoms with Crippen LogP contribution in [0.5, 0.6) is 0 Å². The highest BCUT2D eigenvalue weighted by molar-refractivity contribution is 5.78. The van der Waals surface area contributed by atoms with Crippen LogP contribution in [-0.2, 0) is 4.74 Å². The van der Waals surface area contributed by atoms with E-state index in [4.69, 9.17) is 10.1 Å². The lowest BCUT2D eigenvalue weighted by Crippen LogP contribution is -2.32. The number of methoxy groups -OCH3 is 1. The zero-order chi connectivity index (χ0) is 14.3. The van der Waals surface area contributed by atoms with Crippen molar-refractivity contribution < 1.29 is 4.74 Å². The second-order valence-corrected chi connectivity index (χ2v) is 5.93. The third kappa shape index (κ3) is 5.10. The number of allylic oxidation sites excluding steroid dienone is 2. The van der Waals surface area contributed by atoms with Crippen molar-refractivity contribution in [3.63, 3.8) is 0 Å². The standard InChI is InChI=1S/C17H31NO/c1-5-14(6-2)16-11-10-15(17(12-16)19-4)9-7-8-13(3)18/h5,15-18H,6-12H2,1-4H3/b14-5+,18-13?/t15?,16-,17?/m1/s1. The Labute approximate surface area is 119 Å². The Balaban J connectivity index is 2.49. The van der Waals surface area contributed by atoms with Crippen molar-refractivity contribution in [1.29, 1.82) is 5.41 Å². The van der Waals surface area contributed by atoms with Gasteiger partial charge < -0.3 is 10.1 Å². The van der Waals surface area contributed by atoms with Crippen LogP contribution >= 0.6 is 0 Å². The first-order chi connectivity index (χ1) is 9.12.